The fraction of sp³-hybridized carbons (Fsp3) is 0.407. The number of aromatic nitrogens is 1. The van der Waals surface area contributed by atoms with E-state index in [4.69, 9.17) is 4.74 Å². The number of benzene rings is 2. The average Bonchev–Trinajstić information content (AvgIpc) is 3.37. The van der Waals surface area contributed by atoms with Crippen LogP contribution in [-0.4, -0.2) is 60.1 Å². The van der Waals surface area contributed by atoms with Crippen LogP contribution in [0.4, 0.5) is 17.6 Å². The van der Waals surface area contributed by atoms with Gasteiger partial charge in [-0.2, -0.15) is 13.2 Å². The van der Waals surface area contributed by atoms with Gasteiger partial charge >= 0.3 is 6.18 Å². The molecular weight excluding hydrogens is 520 g/mol. The Hall–Kier alpha value is -2.86. The summed E-state index contributed by atoms with van der Waals surface area (Å²) in [4.78, 5) is 21.1. The summed E-state index contributed by atoms with van der Waals surface area (Å²) in [5.74, 6) is -0.661. The number of ether oxygens (including phenoxy) is 1. The van der Waals surface area contributed by atoms with Gasteiger partial charge in [-0.3, -0.25) is 14.6 Å². The SMILES string of the molecule is O=C(NCCCN1CCOCC1)c1csc(CN(Cc2cccc(C(F)(F)F)c2)Cc2ccccc2F)n1. The topological polar surface area (TPSA) is 57.7 Å². The molecule has 6 nitrogen and oxygen atoms in total. The summed E-state index contributed by atoms with van der Waals surface area (Å²) in [5, 5.41) is 5.17. The Morgan fingerprint density at radius 3 is 2.63 bits per heavy atom. The van der Waals surface area contributed by atoms with Crippen LogP contribution in [0.3, 0.4) is 0 Å². The highest BCUT2D eigenvalue weighted by Crippen LogP contribution is 2.30. The van der Waals surface area contributed by atoms with E-state index < -0.39 is 17.6 Å². The summed E-state index contributed by atoms with van der Waals surface area (Å²) in [6.07, 6.45) is -3.64. The van der Waals surface area contributed by atoms with E-state index in [9.17, 15) is 22.4 Å². The fourth-order valence-corrected chi connectivity index (χ4v) is 5.05. The van der Waals surface area contributed by atoms with Crippen LogP contribution in [0.15, 0.2) is 53.9 Å². The average molecular weight is 551 g/mol. The van der Waals surface area contributed by atoms with E-state index >= 15 is 0 Å². The number of carbonyl (C=O) groups is 1. The molecule has 0 bridgehead atoms. The summed E-state index contributed by atoms with van der Waals surface area (Å²) < 4.78 is 59.4. The van der Waals surface area contributed by atoms with Crippen molar-refractivity contribution in [1.82, 2.24) is 20.1 Å². The van der Waals surface area contributed by atoms with Gasteiger partial charge in [0.15, 0.2) is 0 Å². The van der Waals surface area contributed by atoms with Crippen molar-refractivity contribution in [3.8, 4) is 0 Å². The summed E-state index contributed by atoms with van der Waals surface area (Å²) in [6, 6.07) is 11.4. The van der Waals surface area contributed by atoms with Crippen LogP contribution in [0.25, 0.3) is 0 Å². The van der Waals surface area contributed by atoms with Gasteiger partial charge in [0.2, 0.25) is 0 Å². The molecule has 1 amide bonds. The van der Waals surface area contributed by atoms with Gasteiger partial charge < -0.3 is 10.1 Å². The lowest BCUT2D eigenvalue weighted by Crippen LogP contribution is -2.38. The lowest BCUT2D eigenvalue weighted by Gasteiger charge is -2.26. The molecular formula is C27H30F4N4O2S. The number of alkyl halides is 3. The van der Waals surface area contributed by atoms with Gasteiger partial charge in [-0.15, -0.1) is 11.3 Å². The molecule has 0 unspecified atom stereocenters. The normalized spacial score (nSPS) is 14.7. The molecule has 11 heteroatoms. The molecule has 2 heterocycles. The number of halogens is 4. The third-order valence-corrected chi connectivity index (χ3v) is 7.03. The number of rotatable bonds is 11. The molecule has 4 rings (SSSR count). The number of carbonyl (C=O) groups excluding carboxylic acids is 1. The van der Waals surface area contributed by atoms with E-state index in [1.165, 1.54) is 23.5 Å². The molecule has 1 saturated heterocycles. The number of hydrogen-bond donors (Lipinski definition) is 1. The number of morpholine rings is 1. The quantitative estimate of drug-likeness (QED) is 0.270. The number of thiazole rings is 1. The number of hydrogen-bond acceptors (Lipinski definition) is 6. The van der Waals surface area contributed by atoms with Crippen molar-refractivity contribution >= 4 is 17.2 Å². The molecule has 1 aromatic heterocycles. The molecule has 1 aliphatic rings. The molecule has 204 valence electrons. The minimum Gasteiger partial charge on any atom is -0.379 e. The van der Waals surface area contributed by atoms with Gasteiger partial charge in [0.25, 0.3) is 5.91 Å². The Kier molecular flexibility index (Phi) is 9.84. The van der Waals surface area contributed by atoms with Crippen molar-refractivity contribution in [3.63, 3.8) is 0 Å². The molecule has 0 aliphatic carbocycles. The van der Waals surface area contributed by atoms with Gasteiger partial charge in [0.05, 0.1) is 25.3 Å². The summed E-state index contributed by atoms with van der Waals surface area (Å²) in [6.45, 7) is 5.24. The zero-order chi connectivity index (χ0) is 27.0. The summed E-state index contributed by atoms with van der Waals surface area (Å²) in [7, 11) is 0. The summed E-state index contributed by atoms with van der Waals surface area (Å²) >= 11 is 1.29. The van der Waals surface area contributed by atoms with Crippen LogP contribution in [0.1, 0.15) is 38.6 Å². The largest absolute Gasteiger partial charge is 0.416 e. The standard InChI is InChI=1S/C27H30F4N4O2S/c28-23-8-2-1-6-21(23)17-35(16-20-5-3-7-22(15-20)27(29,30)31)18-25-33-24(19-38-25)26(36)32-9-4-10-34-11-13-37-14-12-34/h1-3,5-8,15,19H,4,9-14,16-18H2,(H,32,36). The Balaban J connectivity index is 1.39. The highest BCUT2D eigenvalue weighted by atomic mass is 32.1. The maximum Gasteiger partial charge on any atom is 0.416 e. The second-order valence-corrected chi connectivity index (χ2v) is 10.1. The van der Waals surface area contributed by atoms with Crippen LogP contribution >= 0.6 is 11.3 Å². The summed E-state index contributed by atoms with van der Waals surface area (Å²) in [5.41, 5.74) is 0.434. The molecule has 1 fully saturated rings. The van der Waals surface area contributed by atoms with Gasteiger partial charge in [0.1, 0.15) is 16.5 Å². The van der Waals surface area contributed by atoms with Gasteiger partial charge in [-0.25, -0.2) is 9.37 Å². The lowest BCUT2D eigenvalue weighted by molar-refractivity contribution is -0.137. The van der Waals surface area contributed by atoms with E-state index in [0.29, 0.717) is 28.4 Å². The minimum atomic E-state index is -4.45. The monoisotopic (exact) mass is 550 g/mol. The second kappa shape index (κ2) is 13.3. The van der Waals surface area contributed by atoms with Crippen LogP contribution < -0.4 is 5.32 Å². The maximum absolute atomic E-state index is 14.4. The number of nitrogens with one attached hydrogen (secondary N) is 1. The Bertz CT molecular complexity index is 1200. The Morgan fingerprint density at radius 1 is 1.08 bits per heavy atom. The maximum atomic E-state index is 14.4. The zero-order valence-corrected chi connectivity index (χ0v) is 21.7. The van der Waals surface area contributed by atoms with Crippen molar-refractivity contribution in [1.29, 1.82) is 0 Å². The molecule has 0 saturated carbocycles. The molecule has 0 spiro atoms. The smallest absolute Gasteiger partial charge is 0.379 e. The van der Waals surface area contributed by atoms with E-state index in [1.54, 1.807) is 29.6 Å². The van der Waals surface area contributed by atoms with Gasteiger partial charge in [-0.1, -0.05) is 36.4 Å². The first-order valence-corrected chi connectivity index (χ1v) is 13.3. The first kappa shape index (κ1) is 28.2. The Morgan fingerprint density at radius 2 is 1.87 bits per heavy atom. The predicted octanol–water partition coefficient (Wildman–Crippen LogP) is 4.96. The van der Waals surface area contributed by atoms with Crippen molar-refractivity contribution in [2.24, 2.45) is 0 Å². The van der Waals surface area contributed by atoms with E-state index in [1.807, 2.05) is 4.90 Å². The van der Waals surface area contributed by atoms with E-state index in [0.717, 1.165) is 51.4 Å². The first-order valence-electron chi connectivity index (χ1n) is 12.4. The van der Waals surface area contributed by atoms with E-state index in [2.05, 4.69) is 15.2 Å². The van der Waals surface area contributed by atoms with Crippen LogP contribution in [0.2, 0.25) is 0 Å². The van der Waals surface area contributed by atoms with Gasteiger partial charge in [-0.05, 0) is 30.7 Å². The lowest BCUT2D eigenvalue weighted by atomic mass is 10.1. The first-order chi connectivity index (χ1) is 18.3. The van der Waals surface area contributed by atoms with Crippen LogP contribution in [-0.2, 0) is 30.5 Å². The molecule has 2 aromatic carbocycles. The third kappa shape index (κ3) is 8.32. The van der Waals surface area contributed by atoms with Crippen molar-refractivity contribution in [2.45, 2.75) is 32.2 Å². The highest BCUT2D eigenvalue weighted by Gasteiger charge is 2.30. The predicted molar refractivity (Wildman–Crippen MR) is 137 cm³/mol. The zero-order valence-electron chi connectivity index (χ0n) is 20.8. The Labute approximate surface area is 223 Å². The third-order valence-electron chi connectivity index (χ3n) is 6.20. The second-order valence-electron chi connectivity index (χ2n) is 9.12. The molecule has 1 N–H and O–H groups in total. The molecule has 3 aromatic rings. The van der Waals surface area contributed by atoms with Crippen molar-refractivity contribution in [3.05, 3.63) is 87.1 Å². The minimum absolute atomic E-state index is 0.154. The molecule has 0 atom stereocenters. The van der Waals surface area contributed by atoms with Crippen LogP contribution in [0.5, 0.6) is 0 Å². The molecule has 38 heavy (non-hydrogen) atoms. The number of amides is 1. The fourth-order valence-electron chi connectivity index (χ4n) is 4.24. The van der Waals surface area contributed by atoms with Crippen molar-refractivity contribution < 1.29 is 27.1 Å². The van der Waals surface area contributed by atoms with E-state index in [-0.39, 0.29) is 25.5 Å². The molecule has 0 radical (unpaired) electrons. The van der Waals surface area contributed by atoms with Crippen LogP contribution in [0, 0.1) is 5.82 Å². The number of nitrogens with zero attached hydrogens (tertiary/aromatic N) is 3. The van der Waals surface area contributed by atoms with Crippen molar-refractivity contribution in [2.75, 3.05) is 39.4 Å². The highest BCUT2D eigenvalue weighted by molar-refractivity contribution is 7.09. The molecule has 1 aliphatic heterocycles. The van der Waals surface area contributed by atoms with Gasteiger partial charge in [0, 0.05) is 43.7 Å².